The summed E-state index contributed by atoms with van der Waals surface area (Å²) in [5.41, 5.74) is 0.0852. The third-order valence-corrected chi connectivity index (χ3v) is 5.63. The second-order valence-electron chi connectivity index (χ2n) is 7.79. The summed E-state index contributed by atoms with van der Waals surface area (Å²) in [5.74, 6) is -0.677. The summed E-state index contributed by atoms with van der Waals surface area (Å²) in [7, 11) is 0. The summed E-state index contributed by atoms with van der Waals surface area (Å²) >= 11 is 6.06. The summed E-state index contributed by atoms with van der Waals surface area (Å²) in [6.07, 6.45) is 6.44. The molecule has 4 rings (SSSR count). The van der Waals surface area contributed by atoms with Gasteiger partial charge in [-0.25, -0.2) is 19.3 Å². The van der Waals surface area contributed by atoms with E-state index in [9.17, 15) is 14.3 Å². The average molecular weight is 448 g/mol. The van der Waals surface area contributed by atoms with Crippen LogP contribution in [0.2, 0.25) is 5.02 Å². The summed E-state index contributed by atoms with van der Waals surface area (Å²) in [6, 6.07) is 1.50. The molecule has 0 aromatic carbocycles. The zero-order valence-corrected chi connectivity index (χ0v) is 17.7. The molecule has 0 aliphatic heterocycles. The Hall–Kier alpha value is -2.78. The van der Waals surface area contributed by atoms with E-state index in [1.54, 1.807) is 19.2 Å². The van der Waals surface area contributed by atoms with Crippen molar-refractivity contribution in [1.82, 2.24) is 19.9 Å². The number of hydrogen-bond donors (Lipinski definition) is 3. The summed E-state index contributed by atoms with van der Waals surface area (Å²) in [4.78, 5) is 27.6. The van der Waals surface area contributed by atoms with Crippen molar-refractivity contribution < 1.29 is 19.0 Å². The number of nitrogens with one attached hydrogen (secondary N) is 2. The number of anilines is 1. The molecule has 1 saturated carbocycles. The van der Waals surface area contributed by atoms with Crippen LogP contribution in [-0.2, 0) is 9.53 Å². The highest BCUT2D eigenvalue weighted by atomic mass is 35.5. The quantitative estimate of drug-likeness (QED) is 0.492. The number of H-pyrrole nitrogens is 1. The van der Waals surface area contributed by atoms with E-state index in [2.05, 4.69) is 25.3 Å². The van der Waals surface area contributed by atoms with E-state index in [1.807, 2.05) is 0 Å². The normalized spacial score (nSPS) is 21.2. The van der Waals surface area contributed by atoms with E-state index >= 15 is 0 Å². The number of fused-ring (bicyclic) bond motifs is 1. The van der Waals surface area contributed by atoms with Crippen molar-refractivity contribution >= 4 is 34.4 Å². The van der Waals surface area contributed by atoms with E-state index in [4.69, 9.17) is 16.3 Å². The topological polar surface area (TPSA) is 113 Å². The van der Waals surface area contributed by atoms with Crippen LogP contribution >= 0.6 is 11.6 Å². The van der Waals surface area contributed by atoms with E-state index in [0.717, 1.165) is 18.0 Å². The van der Waals surface area contributed by atoms with Gasteiger partial charge in [0.25, 0.3) is 0 Å². The molecule has 31 heavy (non-hydrogen) atoms. The van der Waals surface area contributed by atoms with Gasteiger partial charge < -0.3 is 20.1 Å². The van der Waals surface area contributed by atoms with Gasteiger partial charge in [-0.15, -0.1) is 0 Å². The molecule has 0 bridgehead atoms. The number of carbonyl (C=O) groups is 1. The molecule has 10 heteroatoms. The standard InChI is InChI=1S/C21H23ClFN5O3/c1-2-31-17(29)8-21(30)5-3-4-13(7-21)27-20-16(23)11-26-19(28-20)15-10-25-18-14(15)6-12(22)9-24-18/h6,9-11,13,30H,2-5,7-8H2,1H3,(H,24,25)(H,26,27,28)/t13-,21-/m0/s1. The van der Waals surface area contributed by atoms with Gasteiger partial charge in [0, 0.05) is 29.4 Å². The first-order valence-corrected chi connectivity index (χ1v) is 10.5. The van der Waals surface area contributed by atoms with Gasteiger partial charge in [0.05, 0.1) is 29.8 Å². The van der Waals surface area contributed by atoms with Gasteiger partial charge >= 0.3 is 5.97 Å². The first-order valence-electron chi connectivity index (χ1n) is 10.2. The van der Waals surface area contributed by atoms with Gasteiger partial charge in [-0.2, -0.15) is 0 Å². The molecule has 3 heterocycles. The zero-order chi connectivity index (χ0) is 22.0. The number of aromatic amines is 1. The van der Waals surface area contributed by atoms with Gasteiger partial charge in [0.1, 0.15) is 5.65 Å². The lowest BCUT2D eigenvalue weighted by molar-refractivity contribution is -0.150. The average Bonchev–Trinajstić information content (AvgIpc) is 3.12. The molecule has 0 spiro atoms. The summed E-state index contributed by atoms with van der Waals surface area (Å²) in [6.45, 7) is 1.99. The molecular weight excluding hydrogens is 425 g/mol. The summed E-state index contributed by atoms with van der Waals surface area (Å²) < 4.78 is 19.4. The predicted octanol–water partition coefficient (Wildman–Crippen LogP) is 3.85. The number of aliphatic hydroxyl groups is 1. The molecule has 8 nitrogen and oxygen atoms in total. The van der Waals surface area contributed by atoms with E-state index < -0.39 is 17.4 Å². The molecule has 164 valence electrons. The Bertz CT molecular complexity index is 1110. The van der Waals surface area contributed by atoms with Gasteiger partial charge in [-0.1, -0.05) is 11.6 Å². The van der Waals surface area contributed by atoms with Crippen molar-refractivity contribution in [2.45, 2.75) is 50.7 Å². The van der Waals surface area contributed by atoms with Crippen LogP contribution < -0.4 is 5.32 Å². The molecular formula is C21H23ClFN5O3. The number of pyridine rings is 1. The fourth-order valence-corrected chi connectivity index (χ4v) is 4.22. The Morgan fingerprint density at radius 1 is 1.45 bits per heavy atom. The zero-order valence-electron chi connectivity index (χ0n) is 17.0. The molecule has 2 atom stereocenters. The maximum atomic E-state index is 14.5. The van der Waals surface area contributed by atoms with E-state index in [1.165, 1.54) is 6.20 Å². The minimum Gasteiger partial charge on any atom is -0.466 e. The number of hydrogen-bond acceptors (Lipinski definition) is 7. The fraction of sp³-hybridized carbons (Fsp3) is 0.429. The molecule has 0 radical (unpaired) electrons. The maximum absolute atomic E-state index is 14.5. The smallest absolute Gasteiger partial charge is 0.308 e. The highest BCUT2D eigenvalue weighted by Gasteiger charge is 2.37. The van der Waals surface area contributed by atoms with E-state index in [0.29, 0.717) is 34.9 Å². The predicted molar refractivity (Wildman–Crippen MR) is 114 cm³/mol. The summed E-state index contributed by atoms with van der Waals surface area (Å²) in [5, 5.41) is 15.1. The van der Waals surface area contributed by atoms with Crippen molar-refractivity contribution in [2.75, 3.05) is 11.9 Å². The second-order valence-corrected chi connectivity index (χ2v) is 8.22. The Morgan fingerprint density at radius 3 is 3.10 bits per heavy atom. The van der Waals surface area contributed by atoms with Crippen LogP contribution in [-0.4, -0.2) is 49.3 Å². The molecule has 3 aromatic heterocycles. The van der Waals surface area contributed by atoms with Crippen molar-refractivity contribution in [2.24, 2.45) is 0 Å². The lowest BCUT2D eigenvalue weighted by Gasteiger charge is -2.36. The Morgan fingerprint density at radius 2 is 2.29 bits per heavy atom. The van der Waals surface area contributed by atoms with Crippen LogP contribution in [0.4, 0.5) is 10.2 Å². The first kappa shape index (κ1) is 21.5. The highest BCUT2D eigenvalue weighted by Crippen LogP contribution is 2.34. The fourth-order valence-electron chi connectivity index (χ4n) is 4.06. The Balaban J connectivity index is 1.55. The highest BCUT2D eigenvalue weighted by molar-refractivity contribution is 6.31. The van der Waals surface area contributed by atoms with Crippen LogP contribution in [0.15, 0.2) is 24.7 Å². The number of esters is 1. The van der Waals surface area contributed by atoms with Gasteiger partial charge in [0.2, 0.25) is 0 Å². The molecule has 0 amide bonds. The van der Waals surface area contributed by atoms with Crippen molar-refractivity contribution in [3.8, 4) is 11.4 Å². The minimum atomic E-state index is -1.19. The van der Waals surface area contributed by atoms with Crippen molar-refractivity contribution in [1.29, 1.82) is 0 Å². The van der Waals surface area contributed by atoms with Crippen LogP contribution in [0.5, 0.6) is 0 Å². The first-order chi connectivity index (χ1) is 14.9. The molecule has 3 aromatic rings. The SMILES string of the molecule is CCOC(=O)C[C@]1(O)CCC[C@H](Nc2nc(-c3c[nH]c4ncc(Cl)cc34)ncc2F)C1. The van der Waals surface area contributed by atoms with Crippen LogP contribution in [0.3, 0.4) is 0 Å². The number of carbonyl (C=O) groups excluding carboxylic acids is 1. The number of ether oxygens (including phenoxy) is 1. The van der Waals surface area contributed by atoms with Crippen LogP contribution in [0, 0.1) is 5.82 Å². The van der Waals surface area contributed by atoms with Crippen molar-refractivity contribution in [3.05, 3.63) is 35.5 Å². The number of rotatable bonds is 6. The Labute approximate surface area is 183 Å². The van der Waals surface area contributed by atoms with Crippen molar-refractivity contribution in [3.63, 3.8) is 0 Å². The van der Waals surface area contributed by atoms with Crippen LogP contribution in [0.25, 0.3) is 22.4 Å². The van der Waals surface area contributed by atoms with Crippen LogP contribution in [0.1, 0.15) is 39.0 Å². The third-order valence-electron chi connectivity index (χ3n) is 5.42. The van der Waals surface area contributed by atoms with Gasteiger partial charge in [0.15, 0.2) is 17.5 Å². The molecule has 0 saturated heterocycles. The molecule has 3 N–H and O–H groups in total. The lowest BCUT2D eigenvalue weighted by atomic mass is 9.79. The molecule has 1 aliphatic rings. The minimum absolute atomic E-state index is 0.0414. The Kier molecular flexibility index (Phi) is 6.06. The van der Waals surface area contributed by atoms with E-state index in [-0.39, 0.29) is 31.3 Å². The van der Waals surface area contributed by atoms with Gasteiger partial charge in [-0.05, 0) is 38.7 Å². The number of aromatic nitrogens is 4. The monoisotopic (exact) mass is 447 g/mol. The maximum Gasteiger partial charge on any atom is 0.308 e. The lowest BCUT2D eigenvalue weighted by Crippen LogP contribution is -2.42. The number of halogens is 2. The largest absolute Gasteiger partial charge is 0.466 e. The molecule has 0 unspecified atom stereocenters. The third kappa shape index (κ3) is 4.77. The number of nitrogens with zero attached hydrogens (tertiary/aromatic N) is 3. The van der Waals surface area contributed by atoms with Gasteiger partial charge in [-0.3, -0.25) is 4.79 Å². The second kappa shape index (κ2) is 8.76. The molecule has 1 aliphatic carbocycles. The molecule has 1 fully saturated rings.